The molecule has 0 spiro atoms. The summed E-state index contributed by atoms with van der Waals surface area (Å²) in [6.07, 6.45) is 3.05. The summed E-state index contributed by atoms with van der Waals surface area (Å²) in [6, 6.07) is 3.76. The van der Waals surface area contributed by atoms with Crippen LogP contribution in [-0.4, -0.2) is 15.0 Å². The summed E-state index contributed by atoms with van der Waals surface area (Å²) in [7, 11) is 0. The number of nitrogen functional groups attached to an aromatic ring is 1. The Kier molecular flexibility index (Phi) is 3.22. The molecule has 0 aromatic carbocycles. The van der Waals surface area contributed by atoms with Crippen molar-refractivity contribution >= 4 is 17.4 Å². The van der Waals surface area contributed by atoms with Gasteiger partial charge in [-0.15, -0.1) is 0 Å². The van der Waals surface area contributed by atoms with Crippen molar-refractivity contribution in [2.45, 2.75) is 6.92 Å². The van der Waals surface area contributed by atoms with E-state index in [4.69, 9.17) is 17.3 Å². The molecule has 2 N–H and O–H groups in total. The van der Waals surface area contributed by atoms with Crippen molar-refractivity contribution in [1.29, 1.82) is 0 Å². The molecule has 0 aliphatic rings. The Balaban J connectivity index is 2.36. The van der Waals surface area contributed by atoms with E-state index in [1.165, 1.54) is 6.33 Å². The molecule has 84 valence electrons. The zero-order valence-corrected chi connectivity index (χ0v) is 9.86. The van der Waals surface area contributed by atoms with Gasteiger partial charge < -0.3 is 5.73 Å². The van der Waals surface area contributed by atoms with Crippen molar-refractivity contribution in [3.05, 3.63) is 46.6 Å². The summed E-state index contributed by atoms with van der Waals surface area (Å²) >= 11 is 5.87. The fourth-order valence-electron chi connectivity index (χ4n) is 1.16. The minimum absolute atomic E-state index is 0.247. The molecule has 0 aliphatic heterocycles. The van der Waals surface area contributed by atoms with Gasteiger partial charge in [0.25, 0.3) is 0 Å². The first kappa shape index (κ1) is 11.4. The minimum atomic E-state index is 0.247. The van der Waals surface area contributed by atoms with E-state index in [0.29, 0.717) is 11.3 Å². The van der Waals surface area contributed by atoms with Crippen LogP contribution in [0.15, 0.2) is 24.7 Å². The van der Waals surface area contributed by atoms with Crippen LogP contribution in [0.4, 0.5) is 5.82 Å². The molecule has 2 heterocycles. The normalized spacial score (nSPS) is 9.53. The molecule has 0 amide bonds. The number of aryl methyl sites for hydroxylation is 1. The van der Waals surface area contributed by atoms with E-state index in [1.807, 2.05) is 19.1 Å². The number of halogens is 1. The van der Waals surface area contributed by atoms with Gasteiger partial charge in [0.15, 0.2) is 0 Å². The lowest BCUT2D eigenvalue weighted by molar-refractivity contribution is 1.17. The second-order valence-electron chi connectivity index (χ2n) is 3.40. The number of rotatable bonds is 0. The van der Waals surface area contributed by atoms with E-state index in [-0.39, 0.29) is 11.0 Å². The molecule has 2 aromatic heterocycles. The van der Waals surface area contributed by atoms with Crippen LogP contribution in [0, 0.1) is 18.8 Å². The molecule has 0 saturated heterocycles. The van der Waals surface area contributed by atoms with Gasteiger partial charge in [-0.1, -0.05) is 23.6 Å². The predicted molar refractivity (Wildman–Crippen MR) is 66.4 cm³/mol. The molecular formula is C12H9ClN4. The van der Waals surface area contributed by atoms with Crippen molar-refractivity contribution < 1.29 is 0 Å². The molecule has 0 saturated carbocycles. The average Bonchev–Trinajstić information content (AvgIpc) is 2.31. The highest BCUT2D eigenvalue weighted by molar-refractivity contribution is 6.30. The predicted octanol–water partition coefficient (Wildman–Crippen LogP) is 1.82. The number of nitrogens with two attached hydrogens (primary N) is 1. The van der Waals surface area contributed by atoms with E-state index in [2.05, 4.69) is 26.8 Å². The van der Waals surface area contributed by atoms with Gasteiger partial charge in [-0.05, 0) is 24.5 Å². The standard InChI is InChI=1S/C12H9ClN4/c1-8-2-3-9(15-6-8)4-5-10-11(13)16-7-17-12(10)14/h2-3,6-7H,1H3,(H2,14,16,17). The Morgan fingerprint density at radius 1 is 1.18 bits per heavy atom. The molecule has 0 atom stereocenters. The SMILES string of the molecule is Cc1ccc(C#Cc2c(N)ncnc2Cl)nc1. The maximum absolute atomic E-state index is 5.87. The van der Waals surface area contributed by atoms with E-state index >= 15 is 0 Å². The molecule has 0 radical (unpaired) electrons. The second-order valence-corrected chi connectivity index (χ2v) is 3.75. The summed E-state index contributed by atoms with van der Waals surface area (Å²) in [5, 5.41) is 0.247. The highest BCUT2D eigenvalue weighted by Crippen LogP contribution is 2.15. The number of hydrogen-bond acceptors (Lipinski definition) is 4. The molecule has 17 heavy (non-hydrogen) atoms. The molecule has 0 bridgehead atoms. The zero-order valence-electron chi connectivity index (χ0n) is 9.11. The lowest BCUT2D eigenvalue weighted by Crippen LogP contribution is -1.96. The van der Waals surface area contributed by atoms with Crippen LogP contribution in [0.3, 0.4) is 0 Å². The van der Waals surface area contributed by atoms with Crippen molar-refractivity contribution in [3.8, 4) is 11.8 Å². The second kappa shape index (κ2) is 4.81. The third-order valence-corrected chi connectivity index (χ3v) is 2.34. The van der Waals surface area contributed by atoms with E-state index < -0.39 is 0 Å². The average molecular weight is 245 g/mol. The minimum Gasteiger partial charge on any atom is -0.383 e. The van der Waals surface area contributed by atoms with Crippen LogP contribution in [-0.2, 0) is 0 Å². The van der Waals surface area contributed by atoms with Gasteiger partial charge in [0.2, 0.25) is 0 Å². The highest BCUT2D eigenvalue weighted by Gasteiger charge is 2.03. The van der Waals surface area contributed by atoms with Crippen molar-refractivity contribution in [2.24, 2.45) is 0 Å². The van der Waals surface area contributed by atoms with Crippen molar-refractivity contribution in [1.82, 2.24) is 15.0 Å². The summed E-state index contributed by atoms with van der Waals surface area (Å²) < 4.78 is 0. The molecule has 4 nitrogen and oxygen atoms in total. The Labute approximate surface area is 104 Å². The van der Waals surface area contributed by atoms with Gasteiger partial charge in [-0.3, -0.25) is 0 Å². The zero-order chi connectivity index (χ0) is 12.3. The van der Waals surface area contributed by atoms with Gasteiger partial charge in [0.1, 0.15) is 28.6 Å². The molecule has 0 fully saturated rings. The third-order valence-electron chi connectivity index (χ3n) is 2.06. The molecule has 0 unspecified atom stereocenters. The van der Waals surface area contributed by atoms with Crippen molar-refractivity contribution in [3.63, 3.8) is 0 Å². The number of anilines is 1. The van der Waals surface area contributed by atoms with Gasteiger partial charge in [-0.25, -0.2) is 15.0 Å². The van der Waals surface area contributed by atoms with Crippen LogP contribution in [0.2, 0.25) is 5.15 Å². The van der Waals surface area contributed by atoms with Crippen LogP contribution in [0.5, 0.6) is 0 Å². The Bertz CT molecular complexity index is 576. The monoisotopic (exact) mass is 244 g/mol. The fourth-order valence-corrected chi connectivity index (χ4v) is 1.35. The highest BCUT2D eigenvalue weighted by atomic mass is 35.5. The van der Waals surface area contributed by atoms with Gasteiger partial charge >= 0.3 is 0 Å². The Hall–Kier alpha value is -2.12. The first-order valence-corrected chi connectivity index (χ1v) is 5.25. The maximum Gasteiger partial charge on any atom is 0.150 e. The van der Waals surface area contributed by atoms with Gasteiger partial charge in [0.05, 0.1) is 0 Å². The Morgan fingerprint density at radius 3 is 2.65 bits per heavy atom. The largest absolute Gasteiger partial charge is 0.383 e. The summed E-state index contributed by atoms with van der Waals surface area (Å²) in [5.41, 5.74) is 7.81. The number of aromatic nitrogens is 3. The number of pyridine rings is 1. The van der Waals surface area contributed by atoms with Crippen LogP contribution < -0.4 is 5.73 Å². The summed E-state index contributed by atoms with van der Waals surface area (Å²) in [6.45, 7) is 1.96. The van der Waals surface area contributed by atoms with E-state index in [1.54, 1.807) is 6.20 Å². The lowest BCUT2D eigenvalue weighted by atomic mass is 10.2. The number of nitrogens with zero attached hydrogens (tertiary/aromatic N) is 3. The lowest BCUT2D eigenvalue weighted by Gasteiger charge is -1.97. The number of hydrogen-bond donors (Lipinski definition) is 1. The molecule has 5 heteroatoms. The fraction of sp³-hybridized carbons (Fsp3) is 0.0833. The van der Waals surface area contributed by atoms with Crippen LogP contribution in [0.1, 0.15) is 16.8 Å². The van der Waals surface area contributed by atoms with Gasteiger partial charge in [0, 0.05) is 6.20 Å². The first-order valence-electron chi connectivity index (χ1n) is 4.87. The third kappa shape index (κ3) is 2.71. The molecule has 0 aliphatic carbocycles. The van der Waals surface area contributed by atoms with Crippen LogP contribution in [0.25, 0.3) is 0 Å². The molecular weight excluding hydrogens is 236 g/mol. The summed E-state index contributed by atoms with van der Waals surface area (Å²) in [4.78, 5) is 11.8. The quantitative estimate of drug-likeness (QED) is 0.567. The molecule has 2 rings (SSSR count). The van der Waals surface area contributed by atoms with Crippen molar-refractivity contribution in [2.75, 3.05) is 5.73 Å². The first-order chi connectivity index (χ1) is 8.16. The maximum atomic E-state index is 5.87. The van der Waals surface area contributed by atoms with Gasteiger partial charge in [-0.2, -0.15) is 0 Å². The topological polar surface area (TPSA) is 64.7 Å². The van der Waals surface area contributed by atoms with Crippen LogP contribution >= 0.6 is 11.6 Å². The summed E-state index contributed by atoms with van der Waals surface area (Å²) in [5.74, 6) is 5.95. The molecule has 2 aromatic rings. The smallest absolute Gasteiger partial charge is 0.150 e. The Morgan fingerprint density at radius 2 is 2.00 bits per heavy atom. The van der Waals surface area contributed by atoms with E-state index in [9.17, 15) is 0 Å². The van der Waals surface area contributed by atoms with E-state index in [0.717, 1.165) is 5.56 Å².